The van der Waals surface area contributed by atoms with Crippen LogP contribution in [0.2, 0.25) is 0 Å². The summed E-state index contributed by atoms with van der Waals surface area (Å²) in [6.07, 6.45) is 2.61. The lowest BCUT2D eigenvalue weighted by Gasteiger charge is -2.06. The fourth-order valence-electron chi connectivity index (χ4n) is 2.17. The molecule has 0 aliphatic heterocycles. The van der Waals surface area contributed by atoms with Crippen LogP contribution in [0.5, 0.6) is 11.5 Å². The molecular weight excluding hydrogens is 296 g/mol. The van der Waals surface area contributed by atoms with Gasteiger partial charge in [-0.3, -0.25) is 9.78 Å². The van der Waals surface area contributed by atoms with E-state index in [4.69, 9.17) is 4.74 Å². The molecule has 0 saturated carbocycles. The number of nitrogens with zero attached hydrogens (tertiary/aromatic N) is 1. The molecule has 3 rings (SSSR count). The lowest BCUT2D eigenvalue weighted by Crippen LogP contribution is -2.18. The zero-order valence-electron chi connectivity index (χ0n) is 12.4. The van der Waals surface area contributed by atoms with Crippen LogP contribution >= 0.6 is 11.3 Å². The van der Waals surface area contributed by atoms with Gasteiger partial charge in [-0.2, -0.15) is 0 Å². The number of benzene rings is 1. The van der Waals surface area contributed by atoms with Crippen LogP contribution in [0.15, 0.2) is 42.6 Å². The molecule has 2 aromatic heterocycles. The van der Waals surface area contributed by atoms with Gasteiger partial charge in [0.25, 0.3) is 5.91 Å². The molecule has 1 amide bonds. The predicted molar refractivity (Wildman–Crippen MR) is 88.9 cm³/mol. The normalized spacial score (nSPS) is 10.6. The van der Waals surface area contributed by atoms with Crippen molar-refractivity contribution in [1.82, 2.24) is 10.3 Å². The van der Waals surface area contributed by atoms with Gasteiger partial charge < -0.3 is 10.1 Å². The monoisotopic (exact) mass is 312 g/mol. The molecule has 3 aromatic rings. The average molecular weight is 312 g/mol. The Balaban J connectivity index is 1.87. The zero-order chi connectivity index (χ0) is 15.5. The van der Waals surface area contributed by atoms with Gasteiger partial charge in [-0.15, -0.1) is 11.3 Å². The molecule has 0 atom stereocenters. The van der Waals surface area contributed by atoms with Crippen molar-refractivity contribution in [3.8, 4) is 11.5 Å². The Morgan fingerprint density at radius 2 is 2.05 bits per heavy atom. The van der Waals surface area contributed by atoms with E-state index in [1.54, 1.807) is 36.7 Å². The molecule has 112 valence electrons. The molecule has 0 fully saturated rings. The zero-order valence-corrected chi connectivity index (χ0v) is 13.2. The molecule has 2 heterocycles. The first-order valence-electron chi connectivity index (χ1n) is 7.08. The number of carbonyl (C=O) groups is 1. The summed E-state index contributed by atoms with van der Waals surface area (Å²) < 4.78 is 7.05. The summed E-state index contributed by atoms with van der Waals surface area (Å²) in [4.78, 5) is 17.0. The van der Waals surface area contributed by atoms with E-state index in [0.29, 0.717) is 11.4 Å². The lowest BCUT2D eigenvalue weighted by atomic mass is 10.2. The van der Waals surface area contributed by atoms with Crippen molar-refractivity contribution in [3.05, 3.63) is 53.2 Å². The molecule has 0 saturated heterocycles. The van der Waals surface area contributed by atoms with Crippen molar-refractivity contribution >= 4 is 27.3 Å². The molecule has 0 aliphatic rings. The Labute approximate surface area is 132 Å². The summed E-state index contributed by atoms with van der Waals surface area (Å²) in [5.74, 6) is 1.12. The van der Waals surface area contributed by atoms with Crippen LogP contribution in [0.4, 0.5) is 0 Å². The smallest absolute Gasteiger partial charge is 0.269 e. The van der Waals surface area contributed by atoms with Crippen LogP contribution in [-0.2, 0) is 6.42 Å². The van der Waals surface area contributed by atoms with E-state index in [1.165, 1.54) is 15.0 Å². The Morgan fingerprint density at radius 1 is 1.23 bits per heavy atom. The van der Waals surface area contributed by atoms with Crippen LogP contribution in [0.3, 0.4) is 0 Å². The van der Waals surface area contributed by atoms with E-state index in [2.05, 4.69) is 29.4 Å². The number of carbonyl (C=O) groups excluding carboxylic acids is 1. The third kappa shape index (κ3) is 2.94. The van der Waals surface area contributed by atoms with Gasteiger partial charge in [0.15, 0.2) is 0 Å². The van der Waals surface area contributed by atoms with Gasteiger partial charge in [-0.25, -0.2) is 0 Å². The summed E-state index contributed by atoms with van der Waals surface area (Å²) in [6, 6.07) is 11.6. The number of fused-ring (bicyclic) bond motifs is 1. The van der Waals surface area contributed by atoms with Gasteiger partial charge in [0.1, 0.15) is 17.2 Å². The average Bonchev–Trinajstić information content (AvgIpc) is 2.96. The second-order valence-corrected chi connectivity index (χ2v) is 5.99. The molecule has 0 spiro atoms. The van der Waals surface area contributed by atoms with Crippen molar-refractivity contribution in [2.24, 2.45) is 0 Å². The first kappa shape index (κ1) is 14.5. The van der Waals surface area contributed by atoms with E-state index >= 15 is 0 Å². The number of nitrogens with one attached hydrogen (secondary N) is 1. The van der Waals surface area contributed by atoms with Gasteiger partial charge in [0.2, 0.25) is 0 Å². The number of thiophene rings is 1. The first-order valence-corrected chi connectivity index (χ1v) is 7.89. The van der Waals surface area contributed by atoms with E-state index in [1.807, 2.05) is 12.1 Å². The highest BCUT2D eigenvalue weighted by Gasteiger charge is 2.08. The Morgan fingerprint density at radius 3 is 2.82 bits per heavy atom. The number of pyridine rings is 1. The minimum atomic E-state index is -0.230. The molecule has 1 aromatic carbocycles. The number of aromatic nitrogens is 1. The van der Waals surface area contributed by atoms with Crippen molar-refractivity contribution in [2.45, 2.75) is 13.3 Å². The van der Waals surface area contributed by atoms with Crippen LogP contribution in [0.1, 0.15) is 22.3 Å². The number of rotatable bonds is 4. The van der Waals surface area contributed by atoms with Gasteiger partial charge in [0.05, 0.1) is 0 Å². The van der Waals surface area contributed by atoms with Gasteiger partial charge in [-0.1, -0.05) is 6.92 Å². The highest BCUT2D eigenvalue weighted by molar-refractivity contribution is 7.19. The van der Waals surface area contributed by atoms with Crippen LogP contribution in [-0.4, -0.2) is 17.9 Å². The highest BCUT2D eigenvalue weighted by Crippen LogP contribution is 2.31. The van der Waals surface area contributed by atoms with Gasteiger partial charge in [0, 0.05) is 28.9 Å². The minimum absolute atomic E-state index is 0.230. The highest BCUT2D eigenvalue weighted by atomic mass is 32.1. The number of ether oxygens (including phenoxy) is 1. The third-order valence-corrected chi connectivity index (χ3v) is 4.56. The van der Waals surface area contributed by atoms with E-state index in [9.17, 15) is 4.79 Å². The maximum Gasteiger partial charge on any atom is 0.269 e. The fourth-order valence-corrected chi connectivity index (χ4v) is 3.20. The molecule has 0 aliphatic carbocycles. The van der Waals surface area contributed by atoms with Crippen molar-refractivity contribution in [3.63, 3.8) is 0 Å². The summed E-state index contributed by atoms with van der Waals surface area (Å²) in [7, 11) is 1.58. The first-order chi connectivity index (χ1) is 10.7. The molecule has 0 unspecified atom stereocenters. The van der Waals surface area contributed by atoms with E-state index in [0.717, 1.165) is 12.2 Å². The van der Waals surface area contributed by atoms with Crippen LogP contribution in [0, 0.1) is 0 Å². The Hall–Kier alpha value is -2.40. The second-order valence-electron chi connectivity index (χ2n) is 4.82. The van der Waals surface area contributed by atoms with E-state index < -0.39 is 0 Å². The summed E-state index contributed by atoms with van der Waals surface area (Å²) in [5, 5.41) is 3.78. The van der Waals surface area contributed by atoms with Crippen LogP contribution < -0.4 is 10.1 Å². The second kappa shape index (κ2) is 6.15. The largest absolute Gasteiger partial charge is 0.457 e. The van der Waals surface area contributed by atoms with Crippen molar-refractivity contribution < 1.29 is 9.53 Å². The SMILES string of the molecule is CCc1cc2ccc(Oc3ccnc(C(=O)NC)c3)cc2s1. The molecule has 0 radical (unpaired) electrons. The quantitative estimate of drug-likeness (QED) is 0.792. The van der Waals surface area contributed by atoms with Crippen LogP contribution in [0.25, 0.3) is 10.1 Å². The number of hydrogen-bond donors (Lipinski definition) is 1. The van der Waals surface area contributed by atoms with Crippen molar-refractivity contribution in [1.29, 1.82) is 0 Å². The molecule has 0 bridgehead atoms. The lowest BCUT2D eigenvalue weighted by molar-refractivity contribution is 0.0958. The molecule has 5 heteroatoms. The number of aryl methyl sites for hydroxylation is 1. The standard InChI is InChI=1S/C17H16N2O2S/c1-3-14-8-11-4-5-12(10-16(11)22-14)21-13-6-7-19-15(9-13)17(20)18-2/h4-10H,3H2,1-2H3,(H,18,20). The van der Waals surface area contributed by atoms with Crippen molar-refractivity contribution in [2.75, 3.05) is 7.05 Å². The summed E-state index contributed by atoms with van der Waals surface area (Å²) in [6.45, 7) is 2.15. The van der Waals surface area contributed by atoms with E-state index in [-0.39, 0.29) is 5.91 Å². The Kier molecular flexibility index (Phi) is 4.06. The summed E-state index contributed by atoms with van der Waals surface area (Å²) >= 11 is 1.78. The number of amides is 1. The van der Waals surface area contributed by atoms with Gasteiger partial charge in [-0.05, 0) is 42.1 Å². The molecule has 1 N–H and O–H groups in total. The maximum atomic E-state index is 11.6. The maximum absolute atomic E-state index is 11.6. The predicted octanol–water partition coefficient (Wildman–Crippen LogP) is 4.01. The molecule has 22 heavy (non-hydrogen) atoms. The fraction of sp³-hybridized carbons (Fsp3) is 0.176. The Bertz CT molecular complexity index is 826. The minimum Gasteiger partial charge on any atom is -0.457 e. The molecule has 4 nitrogen and oxygen atoms in total. The summed E-state index contributed by atoms with van der Waals surface area (Å²) in [5.41, 5.74) is 0.338. The molecular formula is C17H16N2O2S. The topological polar surface area (TPSA) is 51.2 Å². The van der Waals surface area contributed by atoms with Gasteiger partial charge >= 0.3 is 0 Å². The third-order valence-electron chi connectivity index (χ3n) is 3.32. The number of hydrogen-bond acceptors (Lipinski definition) is 4.